The van der Waals surface area contributed by atoms with Crippen LogP contribution in [0, 0.1) is 0 Å². The first-order valence-corrected chi connectivity index (χ1v) is 11.9. The Morgan fingerprint density at radius 2 is 1.45 bits per heavy atom. The summed E-state index contributed by atoms with van der Waals surface area (Å²) in [4.78, 5) is 25.5. The minimum absolute atomic E-state index is 0.0564. The lowest BCUT2D eigenvalue weighted by atomic mass is 10.1. The van der Waals surface area contributed by atoms with Gasteiger partial charge in [0.1, 0.15) is 0 Å². The van der Waals surface area contributed by atoms with E-state index in [0.717, 1.165) is 0 Å². The Balaban J connectivity index is 1.79. The summed E-state index contributed by atoms with van der Waals surface area (Å²) in [5.41, 5.74) is 0.564. The van der Waals surface area contributed by atoms with Gasteiger partial charge in [0.15, 0.2) is 0 Å². The summed E-state index contributed by atoms with van der Waals surface area (Å²) in [5.74, 6) is -0.813. The van der Waals surface area contributed by atoms with E-state index < -0.39 is 21.5 Å². The van der Waals surface area contributed by atoms with Gasteiger partial charge in [-0.15, -0.1) is 0 Å². The van der Waals surface area contributed by atoms with Gasteiger partial charge in [-0.25, -0.2) is 8.42 Å². The molecular formula is C24H24ClN3O4S. The molecule has 3 aromatic carbocycles. The zero-order valence-corrected chi connectivity index (χ0v) is 19.9. The summed E-state index contributed by atoms with van der Waals surface area (Å²) in [6.07, 6.45) is 0. The van der Waals surface area contributed by atoms with Crippen molar-refractivity contribution in [1.29, 1.82) is 0 Å². The van der Waals surface area contributed by atoms with Crippen LogP contribution in [0.3, 0.4) is 0 Å². The van der Waals surface area contributed by atoms with Crippen LogP contribution >= 0.6 is 11.6 Å². The molecule has 0 bridgehead atoms. The van der Waals surface area contributed by atoms with Gasteiger partial charge in [-0.05, 0) is 63.2 Å². The van der Waals surface area contributed by atoms with Crippen LogP contribution in [0.1, 0.15) is 41.5 Å². The zero-order chi connectivity index (χ0) is 24.2. The van der Waals surface area contributed by atoms with Crippen molar-refractivity contribution in [2.45, 2.75) is 31.2 Å². The largest absolute Gasteiger partial charge is 0.347 e. The molecule has 0 saturated heterocycles. The Morgan fingerprint density at radius 3 is 2.09 bits per heavy atom. The summed E-state index contributed by atoms with van der Waals surface area (Å²) in [7, 11) is -3.83. The van der Waals surface area contributed by atoms with Crippen molar-refractivity contribution >= 4 is 44.8 Å². The van der Waals surface area contributed by atoms with E-state index in [2.05, 4.69) is 15.4 Å². The second-order valence-corrected chi connectivity index (χ2v) is 10.4. The van der Waals surface area contributed by atoms with Crippen LogP contribution in [-0.4, -0.2) is 25.8 Å². The summed E-state index contributed by atoms with van der Waals surface area (Å²) >= 11 is 6.25. The van der Waals surface area contributed by atoms with Crippen LogP contribution in [0.5, 0.6) is 0 Å². The summed E-state index contributed by atoms with van der Waals surface area (Å²) in [6, 6.07) is 18.7. The SMILES string of the molecule is CC(C)(C)NC(=O)c1ccccc1NC(=O)c1ccc(NS(=O)(=O)c2ccccc2)c(Cl)c1. The number of anilines is 2. The number of hydrogen-bond donors (Lipinski definition) is 3. The molecule has 0 heterocycles. The maximum Gasteiger partial charge on any atom is 0.261 e. The highest BCUT2D eigenvalue weighted by Gasteiger charge is 2.20. The lowest BCUT2D eigenvalue weighted by Crippen LogP contribution is -2.40. The van der Waals surface area contributed by atoms with Crippen molar-refractivity contribution in [3.05, 3.63) is 88.9 Å². The number of carbonyl (C=O) groups excluding carboxylic acids is 2. The molecule has 0 aromatic heterocycles. The average Bonchev–Trinajstić information content (AvgIpc) is 2.75. The van der Waals surface area contributed by atoms with Gasteiger partial charge in [-0.2, -0.15) is 0 Å². The number of halogens is 1. The van der Waals surface area contributed by atoms with Gasteiger partial charge in [0, 0.05) is 11.1 Å². The molecule has 0 saturated carbocycles. The van der Waals surface area contributed by atoms with E-state index in [4.69, 9.17) is 11.6 Å². The Morgan fingerprint density at radius 1 is 0.818 bits per heavy atom. The second kappa shape index (κ2) is 9.64. The molecule has 0 fully saturated rings. The molecular weight excluding hydrogens is 462 g/mol. The molecule has 0 aliphatic heterocycles. The monoisotopic (exact) mass is 485 g/mol. The molecule has 9 heteroatoms. The molecule has 2 amide bonds. The molecule has 7 nitrogen and oxygen atoms in total. The fourth-order valence-electron chi connectivity index (χ4n) is 2.93. The van der Waals surface area contributed by atoms with Gasteiger partial charge in [0.25, 0.3) is 21.8 Å². The van der Waals surface area contributed by atoms with Crippen LogP contribution in [0.25, 0.3) is 0 Å². The van der Waals surface area contributed by atoms with Crippen LogP contribution in [0.4, 0.5) is 11.4 Å². The number of benzene rings is 3. The molecule has 0 aliphatic carbocycles. The summed E-state index contributed by atoms with van der Waals surface area (Å²) in [5, 5.41) is 5.64. The lowest BCUT2D eigenvalue weighted by Gasteiger charge is -2.21. The minimum Gasteiger partial charge on any atom is -0.347 e. The molecule has 0 unspecified atom stereocenters. The third-order valence-electron chi connectivity index (χ3n) is 4.44. The molecule has 0 spiro atoms. The van der Waals surface area contributed by atoms with Gasteiger partial charge >= 0.3 is 0 Å². The van der Waals surface area contributed by atoms with E-state index in [1.54, 1.807) is 42.5 Å². The molecule has 0 aliphatic rings. The average molecular weight is 486 g/mol. The molecule has 0 atom stereocenters. The number of para-hydroxylation sites is 1. The first-order chi connectivity index (χ1) is 15.5. The Bertz CT molecular complexity index is 1290. The number of hydrogen-bond acceptors (Lipinski definition) is 4. The Kier molecular flexibility index (Phi) is 7.09. The highest BCUT2D eigenvalue weighted by Crippen LogP contribution is 2.26. The highest BCUT2D eigenvalue weighted by atomic mass is 35.5. The van der Waals surface area contributed by atoms with Crippen molar-refractivity contribution < 1.29 is 18.0 Å². The van der Waals surface area contributed by atoms with Crippen LogP contribution in [0.15, 0.2) is 77.7 Å². The number of sulfonamides is 1. The lowest BCUT2D eigenvalue weighted by molar-refractivity contribution is 0.0920. The molecule has 3 rings (SSSR count). The quantitative estimate of drug-likeness (QED) is 0.460. The van der Waals surface area contributed by atoms with Gasteiger partial charge < -0.3 is 10.6 Å². The van der Waals surface area contributed by atoms with Gasteiger partial charge in [0.05, 0.1) is 26.9 Å². The maximum atomic E-state index is 12.8. The van der Waals surface area contributed by atoms with E-state index in [0.29, 0.717) is 11.3 Å². The van der Waals surface area contributed by atoms with Crippen LogP contribution < -0.4 is 15.4 Å². The minimum atomic E-state index is -3.83. The number of nitrogens with one attached hydrogen (secondary N) is 3. The van der Waals surface area contributed by atoms with E-state index >= 15 is 0 Å². The third kappa shape index (κ3) is 6.34. The summed E-state index contributed by atoms with van der Waals surface area (Å²) in [6.45, 7) is 5.59. The van der Waals surface area contributed by atoms with E-state index in [1.165, 1.54) is 30.3 Å². The second-order valence-electron chi connectivity index (χ2n) is 8.32. The van der Waals surface area contributed by atoms with Crippen molar-refractivity contribution in [2.24, 2.45) is 0 Å². The van der Waals surface area contributed by atoms with Crippen molar-refractivity contribution in [1.82, 2.24) is 5.32 Å². The van der Waals surface area contributed by atoms with Gasteiger partial charge in [-0.3, -0.25) is 14.3 Å². The Hall–Kier alpha value is -3.36. The highest BCUT2D eigenvalue weighted by molar-refractivity contribution is 7.92. The maximum absolute atomic E-state index is 12.8. The molecule has 3 aromatic rings. The summed E-state index contributed by atoms with van der Waals surface area (Å²) < 4.78 is 27.5. The molecule has 172 valence electrons. The van der Waals surface area contributed by atoms with E-state index in [-0.39, 0.29) is 27.1 Å². The Labute approximate surface area is 198 Å². The molecule has 3 N–H and O–H groups in total. The van der Waals surface area contributed by atoms with Gasteiger partial charge in [0.2, 0.25) is 0 Å². The fourth-order valence-corrected chi connectivity index (χ4v) is 4.32. The van der Waals surface area contributed by atoms with Crippen molar-refractivity contribution in [2.75, 3.05) is 10.0 Å². The topological polar surface area (TPSA) is 104 Å². The molecule has 33 heavy (non-hydrogen) atoms. The third-order valence-corrected chi connectivity index (χ3v) is 6.13. The zero-order valence-electron chi connectivity index (χ0n) is 18.3. The first kappa shape index (κ1) is 24.3. The van der Waals surface area contributed by atoms with Gasteiger partial charge in [-0.1, -0.05) is 41.9 Å². The van der Waals surface area contributed by atoms with Crippen LogP contribution in [0.2, 0.25) is 5.02 Å². The number of carbonyl (C=O) groups is 2. The van der Waals surface area contributed by atoms with Crippen molar-refractivity contribution in [3.63, 3.8) is 0 Å². The smallest absolute Gasteiger partial charge is 0.261 e. The predicted molar refractivity (Wildman–Crippen MR) is 130 cm³/mol. The number of amides is 2. The number of rotatable bonds is 6. The van der Waals surface area contributed by atoms with E-state index in [9.17, 15) is 18.0 Å². The molecule has 0 radical (unpaired) electrons. The standard InChI is InChI=1S/C24H24ClN3O4S/c1-24(2,3)27-23(30)18-11-7-8-12-20(18)26-22(29)16-13-14-21(19(25)15-16)28-33(31,32)17-9-5-4-6-10-17/h4-15,28H,1-3H3,(H,26,29)(H,27,30). The van der Waals surface area contributed by atoms with E-state index in [1.807, 2.05) is 20.8 Å². The van der Waals surface area contributed by atoms with Crippen LogP contribution in [-0.2, 0) is 10.0 Å². The fraction of sp³-hybridized carbons (Fsp3) is 0.167. The normalized spacial score (nSPS) is 11.5. The van der Waals surface area contributed by atoms with Crippen molar-refractivity contribution in [3.8, 4) is 0 Å². The predicted octanol–water partition coefficient (Wildman–Crippen LogP) is 4.92. The first-order valence-electron chi connectivity index (χ1n) is 10.1.